The van der Waals surface area contributed by atoms with Gasteiger partial charge in [0.1, 0.15) is 5.82 Å². The van der Waals surface area contributed by atoms with Crippen LogP contribution in [0.1, 0.15) is 24.4 Å². The lowest BCUT2D eigenvalue weighted by molar-refractivity contribution is 0.598. The SMILES string of the molecule is NS(=O)(=O)c1ccc(CNc2nc(Cl)nc3c2cnn3C2CC2)cc1. The molecule has 0 amide bonds. The van der Waals surface area contributed by atoms with Crippen LogP contribution in [0.3, 0.4) is 0 Å². The van der Waals surface area contributed by atoms with Crippen molar-refractivity contribution >= 4 is 38.5 Å². The van der Waals surface area contributed by atoms with Crippen LogP contribution in [0.2, 0.25) is 5.28 Å². The first kappa shape index (κ1) is 16.2. The standard InChI is InChI=1S/C15H15ClN6O2S/c16-15-20-13(12-8-19-22(10-3-4-10)14(12)21-15)18-7-9-1-5-11(6-2-9)25(17,23)24/h1-2,5-6,8,10H,3-4,7H2,(H2,17,23,24)(H,18,20,21). The number of aromatic nitrogens is 4. The van der Waals surface area contributed by atoms with Crippen LogP contribution >= 0.6 is 11.6 Å². The monoisotopic (exact) mass is 378 g/mol. The second-order valence-electron chi connectivity index (χ2n) is 5.94. The van der Waals surface area contributed by atoms with Gasteiger partial charge in [0.25, 0.3) is 0 Å². The van der Waals surface area contributed by atoms with Gasteiger partial charge in [-0.2, -0.15) is 15.1 Å². The number of primary sulfonamides is 1. The highest BCUT2D eigenvalue weighted by Crippen LogP contribution is 2.37. The van der Waals surface area contributed by atoms with Crippen LogP contribution in [0, 0.1) is 0 Å². The Kier molecular flexibility index (Phi) is 3.86. The molecule has 3 N–H and O–H groups in total. The average Bonchev–Trinajstić information content (AvgIpc) is 3.32. The highest BCUT2D eigenvalue weighted by Gasteiger charge is 2.27. The Hall–Kier alpha value is -2.23. The van der Waals surface area contributed by atoms with Gasteiger partial charge in [0.05, 0.1) is 22.5 Å². The maximum atomic E-state index is 11.3. The van der Waals surface area contributed by atoms with E-state index in [2.05, 4.69) is 20.4 Å². The number of nitrogens with one attached hydrogen (secondary N) is 1. The Labute approximate surface area is 149 Å². The van der Waals surface area contributed by atoms with Crippen molar-refractivity contribution in [2.24, 2.45) is 5.14 Å². The van der Waals surface area contributed by atoms with Crippen LogP contribution in [-0.2, 0) is 16.6 Å². The Morgan fingerprint density at radius 3 is 2.60 bits per heavy atom. The number of hydrogen-bond donors (Lipinski definition) is 2. The van der Waals surface area contributed by atoms with Gasteiger partial charge in [-0.25, -0.2) is 18.2 Å². The summed E-state index contributed by atoms with van der Waals surface area (Å²) in [5.41, 5.74) is 1.60. The molecule has 2 heterocycles. The van der Waals surface area contributed by atoms with E-state index in [1.807, 2.05) is 4.68 Å². The molecule has 8 nitrogen and oxygen atoms in total. The van der Waals surface area contributed by atoms with Gasteiger partial charge in [-0.05, 0) is 42.1 Å². The van der Waals surface area contributed by atoms with Crippen LogP contribution in [-0.4, -0.2) is 28.2 Å². The molecular weight excluding hydrogens is 364 g/mol. The molecule has 10 heteroatoms. The Morgan fingerprint density at radius 2 is 1.96 bits per heavy atom. The second kappa shape index (κ2) is 5.94. The predicted molar refractivity (Wildman–Crippen MR) is 93.7 cm³/mol. The highest BCUT2D eigenvalue weighted by molar-refractivity contribution is 7.89. The average molecular weight is 379 g/mol. The normalized spacial score (nSPS) is 14.8. The van der Waals surface area contributed by atoms with Crippen molar-refractivity contribution in [1.29, 1.82) is 0 Å². The molecule has 0 saturated heterocycles. The number of rotatable bonds is 5. The predicted octanol–water partition coefficient (Wildman–Crippen LogP) is 2.07. The fourth-order valence-electron chi connectivity index (χ4n) is 2.60. The third kappa shape index (κ3) is 3.30. The third-order valence-corrected chi connectivity index (χ3v) is 5.13. The van der Waals surface area contributed by atoms with E-state index in [0.29, 0.717) is 18.4 Å². The molecule has 0 atom stereocenters. The zero-order valence-electron chi connectivity index (χ0n) is 13.1. The Bertz CT molecular complexity index is 1040. The number of nitrogens with zero attached hydrogens (tertiary/aromatic N) is 4. The first-order valence-corrected chi connectivity index (χ1v) is 9.60. The van der Waals surface area contributed by atoms with E-state index in [-0.39, 0.29) is 10.2 Å². The molecule has 1 aliphatic carbocycles. The van der Waals surface area contributed by atoms with Crippen LogP contribution in [0.15, 0.2) is 35.4 Å². The summed E-state index contributed by atoms with van der Waals surface area (Å²) in [6, 6.07) is 6.72. The van der Waals surface area contributed by atoms with Crippen molar-refractivity contribution in [3.05, 3.63) is 41.3 Å². The van der Waals surface area contributed by atoms with Crippen LogP contribution in [0.25, 0.3) is 11.0 Å². The fourth-order valence-corrected chi connectivity index (χ4v) is 3.28. The lowest BCUT2D eigenvalue weighted by Crippen LogP contribution is -2.12. The molecule has 0 radical (unpaired) electrons. The van der Waals surface area contributed by atoms with E-state index in [1.165, 1.54) is 12.1 Å². The van der Waals surface area contributed by atoms with Crippen molar-refractivity contribution in [3.8, 4) is 0 Å². The molecule has 0 bridgehead atoms. The third-order valence-electron chi connectivity index (χ3n) is 4.03. The number of hydrogen-bond acceptors (Lipinski definition) is 6. The molecule has 25 heavy (non-hydrogen) atoms. The highest BCUT2D eigenvalue weighted by atomic mass is 35.5. The Balaban J connectivity index is 1.58. The molecule has 1 fully saturated rings. The van der Waals surface area contributed by atoms with Crippen molar-refractivity contribution in [3.63, 3.8) is 0 Å². The lowest BCUT2D eigenvalue weighted by Gasteiger charge is -2.08. The van der Waals surface area contributed by atoms with Gasteiger partial charge in [0.15, 0.2) is 5.65 Å². The minimum atomic E-state index is -3.69. The first-order valence-electron chi connectivity index (χ1n) is 7.68. The zero-order valence-corrected chi connectivity index (χ0v) is 14.6. The van der Waals surface area contributed by atoms with Crippen molar-refractivity contribution < 1.29 is 8.42 Å². The number of fused-ring (bicyclic) bond motifs is 1. The molecular formula is C15H15ClN6O2S. The maximum Gasteiger partial charge on any atom is 0.238 e. The minimum absolute atomic E-state index is 0.0782. The van der Waals surface area contributed by atoms with Crippen LogP contribution < -0.4 is 10.5 Å². The summed E-state index contributed by atoms with van der Waals surface area (Å²) in [7, 11) is -3.69. The minimum Gasteiger partial charge on any atom is -0.365 e. The van der Waals surface area contributed by atoms with E-state index < -0.39 is 10.0 Å². The number of nitrogens with two attached hydrogens (primary N) is 1. The number of anilines is 1. The van der Waals surface area contributed by atoms with E-state index in [4.69, 9.17) is 16.7 Å². The molecule has 0 aliphatic heterocycles. The van der Waals surface area contributed by atoms with Crippen LogP contribution in [0.4, 0.5) is 5.82 Å². The summed E-state index contributed by atoms with van der Waals surface area (Å²) in [6.07, 6.45) is 3.92. The smallest absolute Gasteiger partial charge is 0.238 e. The molecule has 1 aromatic carbocycles. The van der Waals surface area contributed by atoms with E-state index in [0.717, 1.165) is 29.4 Å². The zero-order chi connectivity index (χ0) is 17.6. The van der Waals surface area contributed by atoms with Crippen LogP contribution in [0.5, 0.6) is 0 Å². The molecule has 1 aliphatic rings. The lowest BCUT2D eigenvalue weighted by atomic mass is 10.2. The fraction of sp³-hybridized carbons (Fsp3) is 0.267. The van der Waals surface area contributed by atoms with Gasteiger partial charge < -0.3 is 5.32 Å². The summed E-state index contributed by atoms with van der Waals surface area (Å²) in [4.78, 5) is 8.60. The van der Waals surface area contributed by atoms with Gasteiger partial charge in [-0.3, -0.25) is 0 Å². The number of sulfonamides is 1. The summed E-state index contributed by atoms with van der Waals surface area (Å²) in [5, 5.41) is 13.6. The van der Waals surface area contributed by atoms with E-state index in [9.17, 15) is 8.42 Å². The first-order chi connectivity index (χ1) is 11.9. The van der Waals surface area contributed by atoms with Gasteiger partial charge in [-0.15, -0.1) is 0 Å². The van der Waals surface area contributed by atoms with Gasteiger partial charge in [-0.1, -0.05) is 12.1 Å². The largest absolute Gasteiger partial charge is 0.365 e. The van der Waals surface area contributed by atoms with Gasteiger partial charge in [0, 0.05) is 6.54 Å². The molecule has 1 saturated carbocycles. The molecule has 3 aromatic rings. The van der Waals surface area contributed by atoms with E-state index >= 15 is 0 Å². The summed E-state index contributed by atoms with van der Waals surface area (Å²) >= 11 is 6.05. The van der Waals surface area contributed by atoms with Gasteiger partial charge in [0.2, 0.25) is 15.3 Å². The molecule has 2 aromatic heterocycles. The quantitative estimate of drug-likeness (QED) is 0.656. The second-order valence-corrected chi connectivity index (χ2v) is 7.84. The molecule has 0 unspecified atom stereocenters. The molecule has 4 rings (SSSR count). The van der Waals surface area contributed by atoms with E-state index in [1.54, 1.807) is 18.3 Å². The number of benzene rings is 1. The topological polar surface area (TPSA) is 116 Å². The molecule has 0 spiro atoms. The Morgan fingerprint density at radius 1 is 1.24 bits per heavy atom. The van der Waals surface area contributed by atoms with Crippen molar-refractivity contribution in [2.75, 3.05) is 5.32 Å². The van der Waals surface area contributed by atoms with Crippen molar-refractivity contribution in [2.45, 2.75) is 30.3 Å². The molecule has 130 valence electrons. The summed E-state index contributed by atoms with van der Waals surface area (Å²) < 4.78 is 24.5. The maximum absolute atomic E-state index is 11.3. The summed E-state index contributed by atoms with van der Waals surface area (Å²) in [5.74, 6) is 0.595. The van der Waals surface area contributed by atoms with Crippen molar-refractivity contribution in [1.82, 2.24) is 19.7 Å². The van der Waals surface area contributed by atoms with Gasteiger partial charge >= 0.3 is 0 Å². The summed E-state index contributed by atoms with van der Waals surface area (Å²) in [6.45, 7) is 0.446. The number of halogens is 1.